The van der Waals surface area contributed by atoms with Crippen LogP contribution in [0.3, 0.4) is 0 Å². The van der Waals surface area contributed by atoms with Gasteiger partial charge in [-0.25, -0.2) is 0 Å². The van der Waals surface area contributed by atoms with Crippen LogP contribution >= 0.6 is 0 Å². The fourth-order valence-electron chi connectivity index (χ4n) is 2.24. The smallest absolute Gasteiger partial charge is 0.248 e. The molecule has 0 saturated carbocycles. The molecule has 0 fully saturated rings. The van der Waals surface area contributed by atoms with Crippen LogP contribution in [0.1, 0.15) is 18.1 Å². The van der Waals surface area contributed by atoms with E-state index in [0.29, 0.717) is 18.7 Å². The third-order valence-electron chi connectivity index (χ3n) is 3.69. The Labute approximate surface area is 154 Å². The predicted molar refractivity (Wildman–Crippen MR) is 104 cm³/mol. The Hall–Kier alpha value is -3.08. The van der Waals surface area contributed by atoms with Crippen molar-refractivity contribution in [3.05, 3.63) is 65.7 Å². The lowest BCUT2D eigenvalue weighted by molar-refractivity contribution is -0.128. The van der Waals surface area contributed by atoms with Gasteiger partial charge in [-0.3, -0.25) is 9.59 Å². The van der Waals surface area contributed by atoms with Crippen molar-refractivity contribution in [1.29, 1.82) is 0 Å². The number of nitrogens with zero attached hydrogens (tertiary/aromatic N) is 1. The Morgan fingerprint density at radius 1 is 1.04 bits per heavy atom. The number of amides is 2. The van der Waals surface area contributed by atoms with Crippen LogP contribution in [0.4, 0.5) is 5.69 Å². The van der Waals surface area contributed by atoms with Gasteiger partial charge >= 0.3 is 0 Å². The molecule has 2 rings (SSSR count). The third kappa shape index (κ3) is 6.09. The number of ether oxygens (including phenoxy) is 1. The van der Waals surface area contributed by atoms with Crippen molar-refractivity contribution < 1.29 is 14.3 Å². The first kappa shape index (κ1) is 19.2. The average molecular weight is 352 g/mol. The Morgan fingerprint density at radius 3 is 2.27 bits per heavy atom. The molecule has 0 aromatic heterocycles. The second-order valence-electron chi connectivity index (χ2n) is 5.99. The number of anilines is 1. The Kier molecular flexibility index (Phi) is 6.97. The summed E-state index contributed by atoms with van der Waals surface area (Å²) in [7, 11) is 3.46. The molecule has 0 heterocycles. The van der Waals surface area contributed by atoms with E-state index in [4.69, 9.17) is 4.74 Å². The van der Waals surface area contributed by atoms with Crippen LogP contribution in [0, 0.1) is 0 Å². The minimum absolute atomic E-state index is 0.0417. The minimum Gasteiger partial charge on any atom is -0.494 e. The maximum absolute atomic E-state index is 12.0. The van der Waals surface area contributed by atoms with E-state index in [1.54, 1.807) is 37.2 Å². The number of carbonyl (C=O) groups is 2. The maximum atomic E-state index is 12.0. The molecule has 2 aromatic rings. The van der Waals surface area contributed by atoms with Crippen molar-refractivity contribution in [1.82, 2.24) is 4.90 Å². The van der Waals surface area contributed by atoms with Crippen molar-refractivity contribution >= 4 is 23.6 Å². The van der Waals surface area contributed by atoms with E-state index in [0.717, 1.165) is 16.9 Å². The molecule has 0 unspecified atom stereocenters. The normalized spacial score (nSPS) is 10.6. The van der Waals surface area contributed by atoms with E-state index in [1.165, 1.54) is 6.08 Å². The molecule has 0 aliphatic carbocycles. The van der Waals surface area contributed by atoms with Crippen LogP contribution in [0.15, 0.2) is 54.6 Å². The second kappa shape index (κ2) is 9.42. The van der Waals surface area contributed by atoms with E-state index in [9.17, 15) is 9.59 Å². The van der Waals surface area contributed by atoms with E-state index in [1.807, 2.05) is 43.3 Å². The molecular weight excluding hydrogens is 328 g/mol. The number of hydrogen-bond donors (Lipinski definition) is 1. The average Bonchev–Trinajstić information content (AvgIpc) is 2.63. The van der Waals surface area contributed by atoms with Crippen molar-refractivity contribution in [3.63, 3.8) is 0 Å². The summed E-state index contributed by atoms with van der Waals surface area (Å²) in [6.07, 6.45) is 3.58. The van der Waals surface area contributed by atoms with E-state index in [2.05, 4.69) is 5.32 Å². The summed E-state index contributed by atoms with van der Waals surface area (Å²) >= 11 is 0. The van der Waals surface area contributed by atoms with Crippen molar-refractivity contribution in [2.24, 2.45) is 0 Å². The molecule has 0 bridgehead atoms. The zero-order valence-corrected chi connectivity index (χ0v) is 15.4. The van der Waals surface area contributed by atoms with E-state index >= 15 is 0 Å². The fourth-order valence-corrected chi connectivity index (χ4v) is 2.24. The first-order valence-electron chi connectivity index (χ1n) is 8.49. The van der Waals surface area contributed by atoms with Gasteiger partial charge in [0.05, 0.1) is 13.0 Å². The zero-order chi connectivity index (χ0) is 18.9. The first-order valence-corrected chi connectivity index (χ1v) is 8.49. The highest BCUT2D eigenvalue weighted by Gasteiger charge is 2.05. The predicted octanol–water partition coefficient (Wildman–Crippen LogP) is 3.37. The number of nitrogens with one attached hydrogen (secondary N) is 1. The molecule has 5 nitrogen and oxygen atoms in total. The molecule has 0 saturated heterocycles. The van der Waals surface area contributed by atoms with Crippen molar-refractivity contribution in [2.45, 2.75) is 13.3 Å². The van der Waals surface area contributed by atoms with Crippen LogP contribution in [-0.2, 0) is 16.0 Å². The van der Waals surface area contributed by atoms with Gasteiger partial charge in [0.1, 0.15) is 5.75 Å². The molecular formula is C21H24N2O3. The SMILES string of the molecule is CCOc1ccc(/C=C/C(=O)Nc2ccc(CC(=O)N(C)C)cc2)cc1. The zero-order valence-electron chi connectivity index (χ0n) is 15.4. The molecule has 2 amide bonds. The van der Waals surface area contributed by atoms with Crippen LogP contribution in [0.25, 0.3) is 6.08 Å². The molecule has 136 valence electrons. The third-order valence-corrected chi connectivity index (χ3v) is 3.69. The largest absolute Gasteiger partial charge is 0.494 e. The molecule has 0 aliphatic rings. The van der Waals surface area contributed by atoms with Crippen LogP contribution in [0.2, 0.25) is 0 Å². The van der Waals surface area contributed by atoms with Crippen LogP contribution in [0.5, 0.6) is 5.75 Å². The lowest BCUT2D eigenvalue weighted by atomic mass is 10.1. The van der Waals surface area contributed by atoms with Gasteiger partial charge in [0, 0.05) is 25.9 Å². The number of hydrogen-bond acceptors (Lipinski definition) is 3. The van der Waals surface area contributed by atoms with Gasteiger partial charge in [0.2, 0.25) is 11.8 Å². The second-order valence-corrected chi connectivity index (χ2v) is 5.99. The Bertz CT molecular complexity index is 763. The first-order chi connectivity index (χ1) is 12.5. The molecule has 2 aromatic carbocycles. The minimum atomic E-state index is -0.212. The van der Waals surface area contributed by atoms with Crippen molar-refractivity contribution in [2.75, 3.05) is 26.0 Å². The van der Waals surface area contributed by atoms with E-state index in [-0.39, 0.29) is 11.8 Å². The molecule has 0 radical (unpaired) electrons. The van der Waals surface area contributed by atoms with Gasteiger partial charge < -0.3 is 15.0 Å². The summed E-state index contributed by atoms with van der Waals surface area (Å²) in [5, 5.41) is 2.80. The van der Waals surface area contributed by atoms with E-state index < -0.39 is 0 Å². The Morgan fingerprint density at radius 2 is 1.69 bits per heavy atom. The molecule has 0 aliphatic heterocycles. The van der Waals surface area contributed by atoms with Gasteiger partial charge in [0.25, 0.3) is 0 Å². The molecule has 1 N–H and O–H groups in total. The van der Waals surface area contributed by atoms with Gasteiger partial charge in [-0.05, 0) is 48.4 Å². The Balaban J connectivity index is 1.89. The number of rotatable bonds is 7. The number of benzene rings is 2. The molecule has 0 atom stereocenters. The molecule has 26 heavy (non-hydrogen) atoms. The number of carbonyl (C=O) groups excluding carboxylic acids is 2. The summed E-state index contributed by atoms with van der Waals surface area (Å²) in [6.45, 7) is 2.56. The van der Waals surface area contributed by atoms with Gasteiger partial charge in [0.15, 0.2) is 0 Å². The summed E-state index contributed by atoms with van der Waals surface area (Å²) in [4.78, 5) is 25.3. The topological polar surface area (TPSA) is 58.6 Å². The quantitative estimate of drug-likeness (QED) is 0.777. The standard InChI is InChI=1S/C21H24N2O3/c1-4-26-19-12-7-16(8-13-19)9-14-20(24)22-18-10-5-17(6-11-18)15-21(25)23(2)3/h5-14H,4,15H2,1-3H3,(H,22,24)/b14-9+. The lowest BCUT2D eigenvalue weighted by Gasteiger charge is -2.10. The number of likely N-dealkylation sites (N-methyl/N-ethyl adjacent to an activating group) is 1. The summed E-state index contributed by atoms with van der Waals surface area (Å²) in [5.74, 6) is 0.637. The van der Waals surface area contributed by atoms with Crippen LogP contribution in [-0.4, -0.2) is 37.4 Å². The van der Waals surface area contributed by atoms with Gasteiger partial charge in [-0.2, -0.15) is 0 Å². The maximum Gasteiger partial charge on any atom is 0.248 e. The van der Waals surface area contributed by atoms with Gasteiger partial charge in [-0.1, -0.05) is 24.3 Å². The summed E-state index contributed by atoms with van der Waals surface area (Å²) < 4.78 is 5.38. The summed E-state index contributed by atoms with van der Waals surface area (Å²) in [5.41, 5.74) is 2.51. The van der Waals surface area contributed by atoms with Gasteiger partial charge in [-0.15, -0.1) is 0 Å². The van der Waals surface area contributed by atoms with Crippen molar-refractivity contribution in [3.8, 4) is 5.75 Å². The highest BCUT2D eigenvalue weighted by atomic mass is 16.5. The monoisotopic (exact) mass is 352 g/mol. The fraction of sp³-hybridized carbons (Fsp3) is 0.238. The highest BCUT2D eigenvalue weighted by molar-refractivity contribution is 6.01. The lowest BCUT2D eigenvalue weighted by Crippen LogP contribution is -2.23. The molecule has 5 heteroatoms. The van der Waals surface area contributed by atoms with Crippen LogP contribution < -0.4 is 10.1 Å². The summed E-state index contributed by atoms with van der Waals surface area (Å²) in [6, 6.07) is 14.8. The highest BCUT2D eigenvalue weighted by Crippen LogP contribution is 2.14. The molecule has 0 spiro atoms.